The SMILES string of the molecule is CC(C)(C)C(C)(N)N. The summed E-state index contributed by atoms with van der Waals surface area (Å²) in [5.41, 5.74) is 10.6. The average Bonchev–Trinajstić information content (AvgIpc) is 1.25. The molecular formula is C6H16N2. The molecule has 2 nitrogen and oxygen atoms in total. The first-order valence-electron chi connectivity index (χ1n) is 2.83. The topological polar surface area (TPSA) is 52.0 Å². The zero-order chi connectivity index (χ0) is 7.00. The van der Waals surface area contributed by atoms with Crippen molar-refractivity contribution in [2.45, 2.75) is 33.4 Å². The smallest absolute Gasteiger partial charge is 0.0657 e. The van der Waals surface area contributed by atoms with Gasteiger partial charge < -0.3 is 11.5 Å². The Morgan fingerprint density at radius 2 is 1.00 bits per heavy atom. The maximum Gasteiger partial charge on any atom is 0.0657 e. The molecule has 0 aliphatic rings. The van der Waals surface area contributed by atoms with E-state index in [-0.39, 0.29) is 5.41 Å². The molecule has 0 saturated heterocycles. The van der Waals surface area contributed by atoms with Crippen molar-refractivity contribution < 1.29 is 0 Å². The Bertz CT molecular complexity index is 61.5. The lowest BCUT2D eigenvalue weighted by atomic mass is 9.83. The minimum absolute atomic E-state index is 0.00694. The number of hydrogen-bond acceptors (Lipinski definition) is 2. The van der Waals surface area contributed by atoms with Crippen LogP contribution in [0.3, 0.4) is 0 Å². The van der Waals surface area contributed by atoms with Gasteiger partial charge in [0, 0.05) is 0 Å². The summed E-state index contributed by atoms with van der Waals surface area (Å²) in [5.74, 6) is 0. The molecule has 0 saturated carbocycles. The van der Waals surface area contributed by atoms with Crippen LogP contribution < -0.4 is 11.5 Å². The van der Waals surface area contributed by atoms with Gasteiger partial charge in [-0.3, -0.25) is 0 Å². The Kier molecular flexibility index (Phi) is 1.69. The molecule has 0 atom stereocenters. The summed E-state index contributed by atoms with van der Waals surface area (Å²) in [6.45, 7) is 7.89. The molecule has 0 rings (SSSR count). The highest BCUT2D eigenvalue weighted by molar-refractivity contribution is 4.84. The summed E-state index contributed by atoms with van der Waals surface area (Å²) in [6.07, 6.45) is 0. The molecule has 0 bridgehead atoms. The highest BCUT2D eigenvalue weighted by atomic mass is 15.0. The second-order valence-electron chi connectivity index (χ2n) is 3.53. The summed E-state index contributed by atoms with van der Waals surface area (Å²) in [7, 11) is 0. The summed E-state index contributed by atoms with van der Waals surface area (Å²) in [5, 5.41) is 0. The fraction of sp³-hybridized carbons (Fsp3) is 1.00. The van der Waals surface area contributed by atoms with Crippen molar-refractivity contribution >= 4 is 0 Å². The molecule has 0 aromatic rings. The molecule has 2 heteroatoms. The van der Waals surface area contributed by atoms with Gasteiger partial charge >= 0.3 is 0 Å². The molecule has 0 heterocycles. The third-order valence-corrected chi connectivity index (χ3v) is 1.62. The first-order chi connectivity index (χ1) is 3.25. The quantitative estimate of drug-likeness (QED) is 0.457. The van der Waals surface area contributed by atoms with Gasteiger partial charge in [-0.2, -0.15) is 0 Å². The molecule has 0 aromatic heterocycles. The highest BCUT2D eigenvalue weighted by Crippen LogP contribution is 2.22. The fourth-order valence-electron chi connectivity index (χ4n) is 0. The minimum atomic E-state index is -0.562. The van der Waals surface area contributed by atoms with Gasteiger partial charge in [-0.05, 0) is 12.3 Å². The van der Waals surface area contributed by atoms with Gasteiger partial charge in [0.1, 0.15) is 0 Å². The monoisotopic (exact) mass is 116 g/mol. The van der Waals surface area contributed by atoms with Gasteiger partial charge in [-0.25, -0.2) is 0 Å². The van der Waals surface area contributed by atoms with Crippen molar-refractivity contribution in [3.63, 3.8) is 0 Å². The van der Waals surface area contributed by atoms with Crippen LogP contribution in [0.1, 0.15) is 27.7 Å². The van der Waals surface area contributed by atoms with Gasteiger partial charge in [0.05, 0.1) is 5.66 Å². The maximum atomic E-state index is 5.59. The van der Waals surface area contributed by atoms with Gasteiger partial charge in [0.25, 0.3) is 0 Å². The Morgan fingerprint density at radius 3 is 1.00 bits per heavy atom. The highest BCUT2D eigenvalue weighted by Gasteiger charge is 2.28. The Balaban J connectivity index is 4.02. The van der Waals surface area contributed by atoms with Crippen molar-refractivity contribution in [3.8, 4) is 0 Å². The third kappa shape index (κ3) is 1.80. The second-order valence-corrected chi connectivity index (χ2v) is 3.53. The summed E-state index contributed by atoms with van der Waals surface area (Å²) < 4.78 is 0. The first kappa shape index (κ1) is 7.92. The van der Waals surface area contributed by atoms with Crippen molar-refractivity contribution in [1.82, 2.24) is 0 Å². The van der Waals surface area contributed by atoms with E-state index in [2.05, 4.69) is 0 Å². The molecule has 0 aromatic carbocycles. The Labute approximate surface area is 51.2 Å². The van der Waals surface area contributed by atoms with Crippen LogP contribution in [0.2, 0.25) is 0 Å². The minimum Gasteiger partial charge on any atom is -0.313 e. The van der Waals surface area contributed by atoms with Crippen LogP contribution in [-0.4, -0.2) is 5.66 Å². The standard InChI is InChI=1S/C6H16N2/c1-5(2,3)6(4,7)8/h7-8H2,1-4H3. The molecule has 50 valence electrons. The van der Waals surface area contributed by atoms with Gasteiger partial charge in [0.15, 0.2) is 0 Å². The van der Waals surface area contributed by atoms with Crippen LogP contribution in [0.15, 0.2) is 0 Å². The van der Waals surface area contributed by atoms with Crippen molar-refractivity contribution in [3.05, 3.63) is 0 Å². The van der Waals surface area contributed by atoms with E-state index in [0.29, 0.717) is 0 Å². The Hall–Kier alpha value is -0.0800. The van der Waals surface area contributed by atoms with E-state index in [1.807, 2.05) is 27.7 Å². The molecule has 0 amide bonds. The number of rotatable bonds is 0. The zero-order valence-electron chi connectivity index (χ0n) is 6.15. The Morgan fingerprint density at radius 1 is 0.875 bits per heavy atom. The van der Waals surface area contributed by atoms with E-state index in [1.165, 1.54) is 0 Å². The van der Waals surface area contributed by atoms with Crippen molar-refractivity contribution in [2.75, 3.05) is 0 Å². The van der Waals surface area contributed by atoms with E-state index < -0.39 is 5.66 Å². The molecule has 0 aliphatic heterocycles. The van der Waals surface area contributed by atoms with E-state index >= 15 is 0 Å². The number of nitrogens with two attached hydrogens (primary N) is 2. The molecule has 0 fully saturated rings. The third-order valence-electron chi connectivity index (χ3n) is 1.62. The van der Waals surface area contributed by atoms with Gasteiger partial charge in [-0.15, -0.1) is 0 Å². The fourth-order valence-corrected chi connectivity index (χ4v) is 0. The number of hydrogen-bond donors (Lipinski definition) is 2. The van der Waals surface area contributed by atoms with Gasteiger partial charge in [-0.1, -0.05) is 20.8 Å². The molecular weight excluding hydrogens is 100 g/mol. The lowest BCUT2D eigenvalue weighted by Gasteiger charge is -2.34. The molecule has 4 N–H and O–H groups in total. The van der Waals surface area contributed by atoms with E-state index in [9.17, 15) is 0 Å². The van der Waals surface area contributed by atoms with Crippen LogP contribution in [-0.2, 0) is 0 Å². The van der Waals surface area contributed by atoms with Crippen LogP contribution >= 0.6 is 0 Å². The van der Waals surface area contributed by atoms with Crippen molar-refractivity contribution in [2.24, 2.45) is 16.9 Å². The lowest BCUT2D eigenvalue weighted by Crippen LogP contribution is -2.56. The summed E-state index contributed by atoms with van der Waals surface area (Å²) in [6, 6.07) is 0. The van der Waals surface area contributed by atoms with Gasteiger partial charge in [0.2, 0.25) is 0 Å². The summed E-state index contributed by atoms with van der Waals surface area (Å²) in [4.78, 5) is 0. The zero-order valence-corrected chi connectivity index (χ0v) is 6.15. The van der Waals surface area contributed by atoms with E-state index in [4.69, 9.17) is 11.5 Å². The molecule has 0 aliphatic carbocycles. The summed E-state index contributed by atoms with van der Waals surface area (Å²) >= 11 is 0. The van der Waals surface area contributed by atoms with Crippen molar-refractivity contribution in [1.29, 1.82) is 0 Å². The van der Waals surface area contributed by atoms with Crippen LogP contribution in [0, 0.1) is 5.41 Å². The molecule has 8 heavy (non-hydrogen) atoms. The molecule has 0 radical (unpaired) electrons. The predicted molar refractivity (Wildman–Crippen MR) is 36.2 cm³/mol. The van der Waals surface area contributed by atoms with Crippen LogP contribution in [0.25, 0.3) is 0 Å². The van der Waals surface area contributed by atoms with E-state index in [1.54, 1.807) is 0 Å². The predicted octanol–water partition coefficient (Wildman–Crippen LogP) is 0.666. The molecule has 0 unspecified atom stereocenters. The largest absolute Gasteiger partial charge is 0.313 e. The lowest BCUT2D eigenvalue weighted by molar-refractivity contribution is 0.216. The van der Waals surface area contributed by atoms with E-state index in [0.717, 1.165) is 0 Å². The first-order valence-corrected chi connectivity index (χ1v) is 2.83. The second kappa shape index (κ2) is 1.71. The van der Waals surface area contributed by atoms with Crippen LogP contribution in [0.5, 0.6) is 0 Å². The van der Waals surface area contributed by atoms with Crippen LogP contribution in [0.4, 0.5) is 0 Å². The maximum absolute atomic E-state index is 5.59. The average molecular weight is 116 g/mol. The molecule has 0 spiro atoms. The normalized spacial score (nSPS) is 14.2.